The van der Waals surface area contributed by atoms with Crippen LogP contribution in [0.1, 0.15) is 0 Å². The highest BCUT2D eigenvalue weighted by atomic mass is 32.1. The number of aliphatic hydroxyl groups is 4. The molecule has 0 amide bonds. The highest BCUT2D eigenvalue weighted by molar-refractivity contribution is 7.80. The van der Waals surface area contributed by atoms with Crippen molar-refractivity contribution < 1.29 is 34.6 Å². The largest absolute Gasteiger partial charge is 0.394 e. The molecule has 0 aliphatic carbocycles. The lowest BCUT2D eigenvalue weighted by atomic mass is 10.7. The van der Waals surface area contributed by atoms with Crippen molar-refractivity contribution in [3.63, 3.8) is 0 Å². The van der Waals surface area contributed by atoms with Crippen molar-refractivity contribution in [1.82, 2.24) is 0 Å². The molecule has 21 heavy (non-hydrogen) atoms. The molecule has 0 aromatic carbocycles. The number of aliphatic hydroxyl groups excluding tert-OH is 4. The molecule has 0 heterocycles. The summed E-state index contributed by atoms with van der Waals surface area (Å²) in [5.41, 5.74) is 0. The lowest BCUT2D eigenvalue weighted by molar-refractivity contribution is 0.0649. The summed E-state index contributed by atoms with van der Waals surface area (Å²) < 4.78 is 14.2. The molecule has 0 spiro atoms. The standard InChI is InChI=1S/2C4H10O3.C4H10OS2/c2*5-1-3-7-4-2-6;6-3-1-5-2-4-7/h2*5-6H,1-4H2;6-7H,1-4H2. The van der Waals surface area contributed by atoms with Gasteiger partial charge < -0.3 is 34.6 Å². The van der Waals surface area contributed by atoms with Gasteiger partial charge in [0.1, 0.15) is 0 Å². The molecule has 0 aliphatic heterocycles. The van der Waals surface area contributed by atoms with Crippen LogP contribution in [0.3, 0.4) is 0 Å². The van der Waals surface area contributed by atoms with Crippen LogP contribution in [0.5, 0.6) is 0 Å². The molecule has 0 bridgehead atoms. The highest BCUT2D eigenvalue weighted by Crippen LogP contribution is 1.79. The average Bonchev–Trinajstić information content (AvgIpc) is 2.50. The second-order valence-corrected chi connectivity index (χ2v) is 4.07. The highest BCUT2D eigenvalue weighted by Gasteiger charge is 1.80. The fourth-order valence-electron chi connectivity index (χ4n) is 0.693. The number of ether oxygens (including phenoxy) is 3. The second kappa shape index (κ2) is 32.4. The van der Waals surface area contributed by atoms with E-state index in [1.54, 1.807) is 0 Å². The molecule has 0 fully saturated rings. The van der Waals surface area contributed by atoms with Crippen LogP contribution < -0.4 is 0 Å². The van der Waals surface area contributed by atoms with Gasteiger partial charge in [-0.3, -0.25) is 0 Å². The number of hydrogen-bond donors (Lipinski definition) is 6. The summed E-state index contributed by atoms with van der Waals surface area (Å²) in [7, 11) is 0. The Kier molecular flexibility index (Phi) is 40.6. The van der Waals surface area contributed by atoms with Gasteiger partial charge in [0.05, 0.1) is 66.1 Å². The molecule has 132 valence electrons. The normalized spacial score (nSPS) is 9.43. The summed E-state index contributed by atoms with van der Waals surface area (Å²) in [6.07, 6.45) is 0. The fourth-order valence-corrected chi connectivity index (χ4v) is 0.952. The quantitative estimate of drug-likeness (QED) is 0.195. The van der Waals surface area contributed by atoms with Crippen LogP contribution >= 0.6 is 25.3 Å². The van der Waals surface area contributed by atoms with Crippen molar-refractivity contribution in [1.29, 1.82) is 0 Å². The monoisotopic (exact) mass is 350 g/mol. The maximum Gasteiger partial charge on any atom is 0.0698 e. The minimum absolute atomic E-state index is 0.0278. The van der Waals surface area contributed by atoms with Gasteiger partial charge in [0.25, 0.3) is 0 Å². The molecule has 0 saturated carbocycles. The summed E-state index contributed by atoms with van der Waals surface area (Å²) in [5.74, 6) is 1.60. The van der Waals surface area contributed by atoms with Gasteiger partial charge in [0.2, 0.25) is 0 Å². The molecule has 7 nitrogen and oxygen atoms in total. The first-order valence-corrected chi connectivity index (χ1v) is 7.89. The molecular formula is C12H30O7S2. The van der Waals surface area contributed by atoms with E-state index in [1.165, 1.54) is 0 Å². The van der Waals surface area contributed by atoms with Crippen LogP contribution in [-0.4, -0.2) is 98.0 Å². The summed E-state index contributed by atoms with van der Waals surface area (Å²) in [4.78, 5) is 0. The van der Waals surface area contributed by atoms with Crippen LogP contribution in [-0.2, 0) is 14.2 Å². The number of hydrogen-bond acceptors (Lipinski definition) is 9. The minimum atomic E-state index is 0.0278. The van der Waals surface area contributed by atoms with Gasteiger partial charge in [0, 0.05) is 11.5 Å². The van der Waals surface area contributed by atoms with E-state index < -0.39 is 0 Å². The van der Waals surface area contributed by atoms with Crippen molar-refractivity contribution in [3.05, 3.63) is 0 Å². The molecule has 0 atom stereocenters. The molecule has 0 saturated heterocycles. The molecule has 0 aromatic heterocycles. The Hall–Kier alpha value is 0.420. The molecule has 0 radical (unpaired) electrons. The van der Waals surface area contributed by atoms with E-state index >= 15 is 0 Å². The number of rotatable bonds is 12. The Morgan fingerprint density at radius 1 is 0.476 bits per heavy atom. The first-order chi connectivity index (χ1) is 10.2. The molecular weight excluding hydrogens is 320 g/mol. The van der Waals surface area contributed by atoms with E-state index in [2.05, 4.69) is 34.7 Å². The van der Waals surface area contributed by atoms with E-state index in [0.717, 1.165) is 24.7 Å². The Morgan fingerprint density at radius 2 is 0.714 bits per heavy atom. The summed E-state index contributed by atoms with van der Waals surface area (Å²) >= 11 is 7.89. The van der Waals surface area contributed by atoms with E-state index in [4.69, 9.17) is 25.2 Å². The molecule has 4 N–H and O–H groups in total. The van der Waals surface area contributed by atoms with Crippen LogP contribution in [0, 0.1) is 0 Å². The summed E-state index contributed by atoms with van der Waals surface area (Å²) in [6, 6.07) is 0. The fraction of sp³-hybridized carbons (Fsp3) is 1.00. The molecule has 0 rings (SSSR count). The van der Waals surface area contributed by atoms with Crippen molar-refractivity contribution in [2.24, 2.45) is 0 Å². The van der Waals surface area contributed by atoms with Crippen LogP contribution in [0.15, 0.2) is 0 Å². The summed E-state index contributed by atoms with van der Waals surface area (Å²) in [6.45, 7) is 2.87. The van der Waals surface area contributed by atoms with Crippen LogP contribution in [0.25, 0.3) is 0 Å². The minimum Gasteiger partial charge on any atom is -0.394 e. The van der Waals surface area contributed by atoms with E-state index in [1.807, 2.05) is 0 Å². The van der Waals surface area contributed by atoms with E-state index in [-0.39, 0.29) is 26.4 Å². The SMILES string of the molecule is OCCOCCO.OCCOCCO.SCCOCCS. The van der Waals surface area contributed by atoms with Gasteiger partial charge in [-0.05, 0) is 0 Å². The zero-order valence-electron chi connectivity index (χ0n) is 12.4. The average molecular weight is 350 g/mol. The molecule has 0 aliphatic rings. The predicted molar refractivity (Wildman–Crippen MR) is 88.5 cm³/mol. The third-order valence-corrected chi connectivity index (χ3v) is 1.78. The maximum absolute atomic E-state index is 8.09. The third-order valence-electron chi connectivity index (χ3n) is 1.41. The zero-order valence-corrected chi connectivity index (χ0v) is 14.2. The Morgan fingerprint density at radius 3 is 0.905 bits per heavy atom. The van der Waals surface area contributed by atoms with Crippen molar-refractivity contribution in [2.45, 2.75) is 0 Å². The lowest BCUT2D eigenvalue weighted by Crippen LogP contribution is -2.03. The Balaban J connectivity index is -0.000000231. The topological polar surface area (TPSA) is 109 Å². The van der Waals surface area contributed by atoms with Gasteiger partial charge in [-0.25, -0.2) is 0 Å². The predicted octanol–water partition coefficient (Wildman–Crippen LogP) is -1.16. The molecule has 9 heteroatoms. The first-order valence-electron chi connectivity index (χ1n) is 6.63. The smallest absolute Gasteiger partial charge is 0.0698 e. The van der Waals surface area contributed by atoms with Crippen LogP contribution in [0.2, 0.25) is 0 Å². The van der Waals surface area contributed by atoms with Gasteiger partial charge in [-0.2, -0.15) is 25.3 Å². The van der Waals surface area contributed by atoms with E-state index in [0.29, 0.717) is 26.4 Å². The lowest BCUT2D eigenvalue weighted by Gasteiger charge is -1.94. The molecule has 0 unspecified atom stereocenters. The Labute approximate surface area is 138 Å². The van der Waals surface area contributed by atoms with Crippen molar-refractivity contribution >= 4 is 25.3 Å². The van der Waals surface area contributed by atoms with Gasteiger partial charge in [-0.15, -0.1) is 0 Å². The van der Waals surface area contributed by atoms with Gasteiger partial charge in [0.15, 0.2) is 0 Å². The van der Waals surface area contributed by atoms with Gasteiger partial charge >= 0.3 is 0 Å². The second-order valence-electron chi connectivity index (χ2n) is 3.18. The number of thiol groups is 2. The van der Waals surface area contributed by atoms with Crippen molar-refractivity contribution in [3.8, 4) is 0 Å². The van der Waals surface area contributed by atoms with E-state index in [9.17, 15) is 0 Å². The maximum atomic E-state index is 8.09. The third kappa shape index (κ3) is 44.9. The first kappa shape index (κ1) is 26.3. The molecule has 0 aromatic rings. The summed E-state index contributed by atoms with van der Waals surface area (Å²) in [5, 5.41) is 32.3. The van der Waals surface area contributed by atoms with Crippen molar-refractivity contribution in [2.75, 3.05) is 77.6 Å². The van der Waals surface area contributed by atoms with Gasteiger partial charge in [-0.1, -0.05) is 0 Å². The zero-order chi connectivity index (χ0) is 16.6. The Bertz CT molecular complexity index is 109. The van der Waals surface area contributed by atoms with Crippen LogP contribution in [0.4, 0.5) is 0 Å².